The molecule has 17 heavy (non-hydrogen) atoms. The lowest BCUT2D eigenvalue weighted by Gasteiger charge is -2.38. The summed E-state index contributed by atoms with van der Waals surface area (Å²) in [6.45, 7) is 2.21. The van der Waals surface area contributed by atoms with Gasteiger partial charge in [0.05, 0.1) is 5.60 Å². The number of hydrogen-bond donors (Lipinski definition) is 1. The molecule has 2 nitrogen and oxygen atoms in total. The zero-order valence-electron chi connectivity index (χ0n) is 10.7. The Labute approximate surface area is 109 Å². The maximum atomic E-state index is 6.06. The van der Waals surface area contributed by atoms with Crippen molar-refractivity contribution in [3.05, 3.63) is 0 Å². The molecule has 1 spiro atoms. The summed E-state index contributed by atoms with van der Waals surface area (Å²) in [6, 6.07) is 0.725. The van der Waals surface area contributed by atoms with E-state index in [1.54, 1.807) is 0 Å². The number of thioether (sulfide) groups is 1. The Morgan fingerprint density at radius 2 is 2.24 bits per heavy atom. The van der Waals surface area contributed by atoms with Crippen LogP contribution in [0, 0.1) is 5.92 Å². The predicted molar refractivity (Wildman–Crippen MR) is 73.6 cm³/mol. The van der Waals surface area contributed by atoms with Gasteiger partial charge >= 0.3 is 0 Å². The second-order valence-electron chi connectivity index (χ2n) is 6.06. The third-order valence-corrected chi connectivity index (χ3v) is 5.99. The van der Waals surface area contributed by atoms with Gasteiger partial charge in [-0.25, -0.2) is 0 Å². The van der Waals surface area contributed by atoms with E-state index in [4.69, 9.17) is 4.74 Å². The van der Waals surface area contributed by atoms with Crippen LogP contribution in [-0.4, -0.2) is 36.3 Å². The molecule has 0 aromatic heterocycles. The summed E-state index contributed by atoms with van der Waals surface area (Å²) in [4.78, 5) is 0. The Kier molecular flexibility index (Phi) is 3.98. The van der Waals surface area contributed by atoms with Crippen LogP contribution in [0.2, 0.25) is 0 Å². The maximum absolute atomic E-state index is 6.06. The van der Waals surface area contributed by atoms with Gasteiger partial charge in [-0.05, 0) is 43.9 Å². The molecule has 0 radical (unpaired) electrons. The minimum Gasteiger partial charge on any atom is -0.374 e. The van der Waals surface area contributed by atoms with Crippen LogP contribution in [0.15, 0.2) is 0 Å². The van der Waals surface area contributed by atoms with Crippen LogP contribution in [0.3, 0.4) is 0 Å². The topological polar surface area (TPSA) is 21.3 Å². The van der Waals surface area contributed by atoms with Crippen molar-refractivity contribution in [2.75, 3.05) is 24.7 Å². The van der Waals surface area contributed by atoms with E-state index in [2.05, 4.69) is 17.1 Å². The number of nitrogens with one attached hydrogen (secondary N) is 1. The van der Waals surface area contributed by atoms with Gasteiger partial charge < -0.3 is 10.1 Å². The fraction of sp³-hybridized carbons (Fsp3) is 1.00. The zero-order valence-corrected chi connectivity index (χ0v) is 11.6. The second-order valence-corrected chi connectivity index (χ2v) is 7.17. The molecule has 1 aliphatic carbocycles. The average molecular weight is 255 g/mol. The summed E-state index contributed by atoms with van der Waals surface area (Å²) < 4.78 is 6.06. The molecule has 3 aliphatic rings. The summed E-state index contributed by atoms with van der Waals surface area (Å²) in [7, 11) is 0. The van der Waals surface area contributed by atoms with Crippen LogP contribution < -0.4 is 5.32 Å². The van der Waals surface area contributed by atoms with Gasteiger partial charge in [0.25, 0.3) is 0 Å². The van der Waals surface area contributed by atoms with Gasteiger partial charge in [0.15, 0.2) is 0 Å². The molecule has 2 saturated heterocycles. The van der Waals surface area contributed by atoms with E-state index in [0.717, 1.165) is 18.6 Å². The molecule has 2 heterocycles. The molecule has 2 atom stereocenters. The molecule has 0 aromatic carbocycles. The third kappa shape index (κ3) is 2.99. The molecule has 0 aromatic rings. The van der Waals surface area contributed by atoms with Gasteiger partial charge in [-0.2, -0.15) is 11.8 Å². The predicted octanol–water partition coefficient (Wildman–Crippen LogP) is 2.82. The van der Waals surface area contributed by atoms with E-state index in [0.29, 0.717) is 0 Å². The van der Waals surface area contributed by atoms with Gasteiger partial charge in [0.2, 0.25) is 0 Å². The van der Waals surface area contributed by atoms with E-state index in [9.17, 15) is 0 Å². The second kappa shape index (κ2) is 5.50. The van der Waals surface area contributed by atoms with Crippen LogP contribution in [0.5, 0.6) is 0 Å². The minimum absolute atomic E-state index is 0.247. The van der Waals surface area contributed by atoms with Crippen molar-refractivity contribution < 1.29 is 4.74 Å². The molecular weight excluding hydrogens is 230 g/mol. The monoisotopic (exact) mass is 255 g/mol. The first-order chi connectivity index (χ1) is 8.36. The van der Waals surface area contributed by atoms with Crippen molar-refractivity contribution in [3.8, 4) is 0 Å². The van der Waals surface area contributed by atoms with E-state index in [-0.39, 0.29) is 5.60 Å². The minimum atomic E-state index is 0.247. The van der Waals surface area contributed by atoms with E-state index in [1.807, 2.05) is 0 Å². The average Bonchev–Trinajstić information content (AvgIpc) is 2.70. The summed E-state index contributed by atoms with van der Waals surface area (Å²) in [6.07, 6.45) is 9.59. The largest absolute Gasteiger partial charge is 0.374 e. The van der Waals surface area contributed by atoms with Gasteiger partial charge in [-0.15, -0.1) is 0 Å². The number of rotatable bonds is 4. The lowest BCUT2D eigenvalue weighted by Crippen LogP contribution is -2.47. The van der Waals surface area contributed by atoms with Crippen molar-refractivity contribution in [2.24, 2.45) is 5.92 Å². The molecule has 2 aliphatic heterocycles. The van der Waals surface area contributed by atoms with Gasteiger partial charge in [-0.1, -0.05) is 19.3 Å². The van der Waals surface area contributed by atoms with Gasteiger partial charge in [-0.3, -0.25) is 0 Å². The van der Waals surface area contributed by atoms with Crippen LogP contribution >= 0.6 is 11.8 Å². The normalized spacial score (nSPS) is 38.5. The highest BCUT2D eigenvalue weighted by Gasteiger charge is 2.40. The van der Waals surface area contributed by atoms with E-state index in [1.165, 1.54) is 63.0 Å². The maximum Gasteiger partial charge on any atom is 0.0795 e. The first kappa shape index (κ1) is 12.3. The van der Waals surface area contributed by atoms with Crippen LogP contribution in [-0.2, 0) is 4.74 Å². The van der Waals surface area contributed by atoms with Crippen LogP contribution in [0.25, 0.3) is 0 Å². The fourth-order valence-electron chi connectivity index (χ4n) is 3.34. The summed E-state index contributed by atoms with van der Waals surface area (Å²) in [5, 5.41) is 3.78. The lowest BCUT2D eigenvalue weighted by atomic mass is 9.83. The summed E-state index contributed by atoms with van der Waals surface area (Å²) >= 11 is 2.07. The van der Waals surface area contributed by atoms with E-state index < -0.39 is 0 Å². The highest BCUT2D eigenvalue weighted by molar-refractivity contribution is 7.99. The smallest absolute Gasteiger partial charge is 0.0795 e. The zero-order chi connectivity index (χ0) is 11.6. The Morgan fingerprint density at radius 1 is 1.29 bits per heavy atom. The Hall–Kier alpha value is 0.270. The van der Waals surface area contributed by atoms with Crippen molar-refractivity contribution in [3.63, 3.8) is 0 Å². The molecule has 3 fully saturated rings. The lowest BCUT2D eigenvalue weighted by molar-refractivity contribution is -0.0701. The molecule has 1 N–H and O–H groups in total. The fourth-order valence-corrected chi connectivity index (χ4v) is 4.72. The van der Waals surface area contributed by atoms with E-state index >= 15 is 0 Å². The highest BCUT2D eigenvalue weighted by atomic mass is 32.2. The molecular formula is C14H25NOS. The van der Waals surface area contributed by atoms with Gasteiger partial charge in [0, 0.05) is 18.4 Å². The molecule has 0 bridgehead atoms. The van der Waals surface area contributed by atoms with Crippen molar-refractivity contribution in [2.45, 2.75) is 56.6 Å². The number of ether oxygens (including phenoxy) is 1. The van der Waals surface area contributed by atoms with Crippen LogP contribution in [0.4, 0.5) is 0 Å². The van der Waals surface area contributed by atoms with Crippen molar-refractivity contribution in [1.82, 2.24) is 5.32 Å². The van der Waals surface area contributed by atoms with Crippen LogP contribution in [0.1, 0.15) is 44.9 Å². The molecule has 98 valence electrons. The third-order valence-electron chi connectivity index (χ3n) is 4.77. The SMILES string of the molecule is C1CC(CCNC2CCOC3(CCSC3)C2)C1. The molecule has 3 rings (SSSR count). The first-order valence-corrected chi connectivity index (χ1v) is 8.47. The molecule has 1 saturated carbocycles. The van der Waals surface area contributed by atoms with Crippen molar-refractivity contribution >= 4 is 11.8 Å². The Balaban J connectivity index is 1.40. The summed E-state index contributed by atoms with van der Waals surface area (Å²) in [5.74, 6) is 3.57. The molecule has 0 amide bonds. The Bertz CT molecular complexity index is 249. The molecule has 3 heteroatoms. The van der Waals surface area contributed by atoms with Gasteiger partial charge in [0.1, 0.15) is 0 Å². The van der Waals surface area contributed by atoms with Crippen molar-refractivity contribution in [1.29, 1.82) is 0 Å². The number of hydrogen-bond acceptors (Lipinski definition) is 3. The first-order valence-electron chi connectivity index (χ1n) is 7.31. The summed E-state index contributed by atoms with van der Waals surface area (Å²) in [5.41, 5.74) is 0.247. The molecule has 2 unspecified atom stereocenters. The Morgan fingerprint density at radius 3 is 2.94 bits per heavy atom. The highest BCUT2D eigenvalue weighted by Crippen LogP contribution is 2.38. The quantitative estimate of drug-likeness (QED) is 0.834. The standard InChI is InChI=1S/C14H25NOS/c1-2-12(3-1)4-7-15-13-5-8-16-14(10-13)6-9-17-11-14/h12-13,15H,1-11H2.